The molecule has 0 unspecified atom stereocenters. The Morgan fingerprint density at radius 2 is 2.00 bits per heavy atom. The summed E-state index contributed by atoms with van der Waals surface area (Å²) in [5.74, 6) is -1.13. The van der Waals surface area contributed by atoms with Crippen LogP contribution in [-0.4, -0.2) is 55.4 Å². The first-order valence-corrected chi connectivity index (χ1v) is 12.3. The predicted octanol–water partition coefficient (Wildman–Crippen LogP) is 4.52. The fraction of sp³-hybridized carbons (Fsp3) is 0.292. The van der Waals surface area contributed by atoms with Gasteiger partial charge in [0.1, 0.15) is 10.9 Å². The maximum absolute atomic E-state index is 13.6. The number of halogens is 2. The van der Waals surface area contributed by atoms with Crippen molar-refractivity contribution in [2.24, 2.45) is 10.1 Å². The van der Waals surface area contributed by atoms with Crippen LogP contribution in [0.4, 0.5) is 4.39 Å². The average molecular weight is 513 g/mol. The molecule has 1 aromatic heterocycles. The van der Waals surface area contributed by atoms with E-state index in [4.69, 9.17) is 17.0 Å². The van der Waals surface area contributed by atoms with E-state index in [0.717, 1.165) is 54.6 Å². The van der Waals surface area contributed by atoms with Crippen LogP contribution in [0, 0.1) is 25.1 Å². The number of likely N-dealkylation sites (tertiary alicyclic amines) is 1. The lowest BCUT2D eigenvalue weighted by Gasteiger charge is -2.20. The molecule has 3 aliphatic heterocycles. The van der Waals surface area contributed by atoms with Crippen molar-refractivity contribution in [1.82, 2.24) is 14.5 Å². The van der Waals surface area contributed by atoms with Crippen molar-refractivity contribution in [1.29, 1.82) is 5.41 Å². The van der Waals surface area contributed by atoms with Gasteiger partial charge in [-0.2, -0.15) is 15.1 Å². The number of hydrogen-bond acceptors (Lipinski definition) is 5. The number of aliphatic imine (C=N–C) groups is 1. The molecule has 5 rings (SSSR count). The minimum Gasteiger partial charge on any atom is -0.342 e. The molecule has 2 amide bonds. The number of rotatable bonds is 4. The first kappa shape index (κ1) is 23.5. The number of aryl methyl sites for hydroxylation is 1. The summed E-state index contributed by atoms with van der Waals surface area (Å²) in [4.78, 5) is 31.2. The molecule has 0 radical (unpaired) electrons. The topological polar surface area (TPSA) is 94.1 Å². The quantitative estimate of drug-likeness (QED) is 0.609. The van der Waals surface area contributed by atoms with Crippen LogP contribution in [0.2, 0.25) is 5.02 Å². The fourth-order valence-electron chi connectivity index (χ4n) is 4.42. The fourth-order valence-corrected chi connectivity index (χ4v) is 5.47. The summed E-state index contributed by atoms with van der Waals surface area (Å²) in [7, 11) is 0. The second-order valence-corrected chi connectivity index (χ2v) is 9.99. The van der Waals surface area contributed by atoms with Crippen molar-refractivity contribution in [3.63, 3.8) is 0 Å². The SMILES string of the molecule is Cc1cc(/C=C2/C(=N)N3N=C(CC(=O)N4CCCC4)SC3=NC2=O)c(C)n1-c1ccc(F)c(Cl)c1. The van der Waals surface area contributed by atoms with E-state index in [1.165, 1.54) is 11.1 Å². The molecule has 0 spiro atoms. The van der Waals surface area contributed by atoms with Crippen LogP contribution >= 0.6 is 23.4 Å². The summed E-state index contributed by atoms with van der Waals surface area (Å²) in [5.41, 5.74) is 3.16. The summed E-state index contributed by atoms with van der Waals surface area (Å²) < 4.78 is 15.5. The number of nitrogens with zero attached hydrogens (tertiary/aromatic N) is 5. The summed E-state index contributed by atoms with van der Waals surface area (Å²) >= 11 is 7.12. The van der Waals surface area contributed by atoms with Gasteiger partial charge in [-0.3, -0.25) is 15.0 Å². The monoisotopic (exact) mass is 512 g/mol. The van der Waals surface area contributed by atoms with Gasteiger partial charge >= 0.3 is 0 Å². The van der Waals surface area contributed by atoms with Gasteiger partial charge in [0.25, 0.3) is 5.91 Å². The van der Waals surface area contributed by atoms with Crippen LogP contribution in [0.15, 0.2) is 39.9 Å². The molecule has 0 atom stereocenters. The number of hydrogen-bond donors (Lipinski definition) is 1. The van der Waals surface area contributed by atoms with Gasteiger partial charge in [-0.25, -0.2) is 4.39 Å². The van der Waals surface area contributed by atoms with Gasteiger partial charge in [-0.1, -0.05) is 11.6 Å². The Morgan fingerprint density at radius 1 is 1.26 bits per heavy atom. The second kappa shape index (κ2) is 9.09. The van der Waals surface area contributed by atoms with Crippen LogP contribution in [0.5, 0.6) is 0 Å². The molecule has 2 aromatic rings. The van der Waals surface area contributed by atoms with Crippen molar-refractivity contribution in [2.45, 2.75) is 33.1 Å². The molecule has 0 saturated carbocycles. The van der Waals surface area contributed by atoms with Gasteiger partial charge in [-0.05, 0) is 74.4 Å². The number of carbonyl (C=O) groups excluding carboxylic acids is 2. The summed E-state index contributed by atoms with van der Waals surface area (Å²) in [5, 5.41) is 15.1. The molecule has 1 fully saturated rings. The zero-order valence-electron chi connectivity index (χ0n) is 19.1. The Bertz CT molecular complexity index is 1370. The second-order valence-electron chi connectivity index (χ2n) is 8.54. The predicted molar refractivity (Wildman–Crippen MR) is 136 cm³/mol. The van der Waals surface area contributed by atoms with E-state index in [1.54, 1.807) is 18.2 Å². The third-order valence-corrected chi connectivity index (χ3v) is 7.39. The number of amidine groups is 2. The van der Waals surface area contributed by atoms with Crippen molar-refractivity contribution < 1.29 is 14.0 Å². The van der Waals surface area contributed by atoms with Gasteiger partial charge < -0.3 is 9.47 Å². The van der Waals surface area contributed by atoms with Crippen molar-refractivity contribution in [3.05, 3.63) is 57.6 Å². The molecule has 4 heterocycles. The van der Waals surface area contributed by atoms with Crippen LogP contribution in [0.3, 0.4) is 0 Å². The van der Waals surface area contributed by atoms with Gasteiger partial charge in [0, 0.05) is 30.2 Å². The van der Waals surface area contributed by atoms with Crippen LogP contribution in [-0.2, 0) is 9.59 Å². The number of thioether (sulfide) groups is 1. The first-order chi connectivity index (χ1) is 16.7. The molecular weight excluding hydrogens is 491 g/mol. The molecule has 0 bridgehead atoms. The van der Waals surface area contributed by atoms with E-state index in [1.807, 2.05) is 29.4 Å². The number of amides is 2. The van der Waals surface area contributed by atoms with Crippen molar-refractivity contribution >= 4 is 57.3 Å². The molecule has 1 saturated heterocycles. The molecule has 11 heteroatoms. The van der Waals surface area contributed by atoms with Crippen LogP contribution in [0.25, 0.3) is 11.8 Å². The zero-order valence-corrected chi connectivity index (χ0v) is 20.7. The first-order valence-electron chi connectivity index (χ1n) is 11.1. The van der Waals surface area contributed by atoms with Crippen LogP contribution < -0.4 is 0 Å². The van der Waals surface area contributed by atoms with Gasteiger partial charge in [-0.15, -0.1) is 0 Å². The third-order valence-electron chi connectivity index (χ3n) is 6.19. The van der Waals surface area contributed by atoms with E-state index in [9.17, 15) is 14.0 Å². The van der Waals surface area contributed by atoms with Crippen LogP contribution in [0.1, 0.15) is 36.2 Å². The number of benzene rings is 1. The highest BCUT2D eigenvalue weighted by Gasteiger charge is 2.36. The number of aromatic nitrogens is 1. The average Bonchev–Trinajstić information content (AvgIpc) is 3.53. The largest absolute Gasteiger partial charge is 0.342 e. The molecule has 1 N–H and O–H groups in total. The number of hydrazone groups is 1. The third kappa shape index (κ3) is 4.32. The molecule has 0 aliphatic carbocycles. The maximum Gasteiger partial charge on any atom is 0.283 e. The Hall–Kier alpha value is -3.24. The van der Waals surface area contributed by atoms with E-state index >= 15 is 0 Å². The van der Waals surface area contributed by atoms with Crippen molar-refractivity contribution in [3.8, 4) is 5.69 Å². The number of nitrogens with one attached hydrogen (secondary N) is 1. The normalized spacial score (nSPS) is 18.9. The molecular formula is C24H22ClFN6O2S. The molecule has 180 valence electrons. The lowest BCUT2D eigenvalue weighted by molar-refractivity contribution is -0.128. The summed E-state index contributed by atoms with van der Waals surface area (Å²) in [6, 6.07) is 6.35. The minimum atomic E-state index is -0.536. The Balaban J connectivity index is 1.42. The highest BCUT2D eigenvalue weighted by Crippen LogP contribution is 2.31. The summed E-state index contributed by atoms with van der Waals surface area (Å²) in [6.07, 6.45) is 3.75. The van der Waals surface area contributed by atoms with E-state index in [2.05, 4.69) is 10.1 Å². The highest BCUT2D eigenvalue weighted by atomic mass is 35.5. The molecule has 35 heavy (non-hydrogen) atoms. The Labute approximate surface area is 210 Å². The van der Waals surface area contributed by atoms with E-state index in [0.29, 0.717) is 10.7 Å². The molecule has 8 nitrogen and oxygen atoms in total. The maximum atomic E-state index is 13.6. The van der Waals surface area contributed by atoms with E-state index < -0.39 is 11.7 Å². The van der Waals surface area contributed by atoms with Crippen molar-refractivity contribution in [2.75, 3.05) is 13.1 Å². The summed E-state index contributed by atoms with van der Waals surface area (Å²) in [6.45, 7) is 5.27. The molecule has 1 aromatic carbocycles. The minimum absolute atomic E-state index is 0.00356. The standard InChI is InChI=1S/C24H22ClFN6O2S/c1-13-9-15(14(2)31(13)16-5-6-19(26)18(25)11-16)10-17-22(27)32-24(28-23(17)34)35-20(29-32)12-21(33)30-7-3-4-8-30/h5-6,9-11,27H,3-4,7-8,12H2,1-2H3/b17-10-,27-22?. The Kier molecular flexibility index (Phi) is 6.10. The number of carbonyl (C=O) groups is 2. The smallest absolute Gasteiger partial charge is 0.283 e. The lowest BCUT2D eigenvalue weighted by Crippen LogP contribution is -2.35. The molecule has 3 aliphatic rings. The zero-order chi connectivity index (χ0) is 24.9. The van der Waals surface area contributed by atoms with Gasteiger partial charge in [0.05, 0.1) is 17.0 Å². The Morgan fingerprint density at radius 3 is 2.71 bits per heavy atom. The van der Waals surface area contributed by atoms with Gasteiger partial charge in [0.15, 0.2) is 5.84 Å². The van der Waals surface area contributed by atoms with Gasteiger partial charge in [0.2, 0.25) is 11.1 Å². The number of fused-ring (bicyclic) bond motifs is 1. The lowest BCUT2D eigenvalue weighted by atomic mass is 10.1. The highest BCUT2D eigenvalue weighted by molar-refractivity contribution is 8.27. The van der Waals surface area contributed by atoms with E-state index in [-0.39, 0.29) is 33.9 Å².